The lowest BCUT2D eigenvalue weighted by molar-refractivity contribution is -0.125. The summed E-state index contributed by atoms with van der Waals surface area (Å²) in [5.74, 6) is -0.219. The number of para-hydroxylation sites is 1. The van der Waals surface area contributed by atoms with Crippen LogP contribution in [0.4, 0.5) is 0 Å². The van der Waals surface area contributed by atoms with Crippen LogP contribution in [0.2, 0.25) is 0 Å². The van der Waals surface area contributed by atoms with E-state index >= 15 is 0 Å². The van der Waals surface area contributed by atoms with Crippen LogP contribution in [0.5, 0.6) is 11.5 Å². The number of carbonyl (C=O) groups excluding carboxylic acids is 2. The van der Waals surface area contributed by atoms with E-state index in [-0.39, 0.29) is 35.6 Å². The minimum absolute atomic E-state index is 0.0261. The van der Waals surface area contributed by atoms with Gasteiger partial charge in [0.05, 0.1) is 7.11 Å². The molecule has 1 aliphatic rings. The van der Waals surface area contributed by atoms with E-state index in [9.17, 15) is 14.7 Å². The first-order chi connectivity index (χ1) is 11.4. The topological polar surface area (TPSA) is 84.9 Å². The van der Waals surface area contributed by atoms with Crippen molar-refractivity contribution in [1.82, 2.24) is 5.32 Å². The zero-order valence-corrected chi connectivity index (χ0v) is 14.4. The number of phenols is 1. The van der Waals surface area contributed by atoms with Gasteiger partial charge in [-0.25, -0.2) is 4.79 Å². The summed E-state index contributed by atoms with van der Waals surface area (Å²) in [6, 6.07) is 4.64. The molecule has 0 bridgehead atoms. The van der Waals surface area contributed by atoms with E-state index < -0.39 is 5.97 Å². The molecule has 0 spiro atoms. The number of esters is 1. The van der Waals surface area contributed by atoms with E-state index in [4.69, 9.17) is 9.47 Å². The third-order valence-electron chi connectivity index (χ3n) is 4.83. The fraction of sp³-hybridized carbons (Fsp3) is 0.556. The molecule has 0 heterocycles. The highest BCUT2D eigenvalue weighted by Gasteiger charge is 2.28. The number of methoxy groups -OCH3 is 1. The molecule has 6 heteroatoms. The number of nitrogens with one attached hydrogen (secondary N) is 1. The molecule has 1 aromatic rings. The summed E-state index contributed by atoms with van der Waals surface area (Å²) < 4.78 is 9.95. The third kappa shape index (κ3) is 4.19. The zero-order chi connectivity index (χ0) is 17.7. The van der Waals surface area contributed by atoms with Crippen molar-refractivity contribution in [3.63, 3.8) is 0 Å². The minimum Gasteiger partial charge on any atom is -0.504 e. The second-order valence-corrected chi connectivity index (χ2v) is 6.37. The molecule has 3 atom stereocenters. The number of rotatable bonds is 5. The summed E-state index contributed by atoms with van der Waals surface area (Å²) in [4.78, 5) is 24.1. The van der Waals surface area contributed by atoms with E-state index in [0.717, 1.165) is 12.8 Å². The van der Waals surface area contributed by atoms with Gasteiger partial charge in [-0.05, 0) is 30.4 Å². The largest absolute Gasteiger partial charge is 0.504 e. The van der Waals surface area contributed by atoms with Gasteiger partial charge in [-0.2, -0.15) is 0 Å². The van der Waals surface area contributed by atoms with Crippen molar-refractivity contribution < 1.29 is 24.2 Å². The molecule has 132 valence electrons. The maximum Gasteiger partial charge on any atom is 0.342 e. The molecule has 1 aromatic carbocycles. The molecular formula is C18H25NO5. The van der Waals surface area contributed by atoms with Crippen LogP contribution in [0.3, 0.4) is 0 Å². The minimum atomic E-state index is -0.758. The van der Waals surface area contributed by atoms with Gasteiger partial charge in [-0.3, -0.25) is 4.79 Å². The highest BCUT2D eigenvalue weighted by atomic mass is 16.5. The number of ether oxygens (including phenoxy) is 2. The maximum atomic E-state index is 12.0. The van der Waals surface area contributed by atoms with E-state index in [2.05, 4.69) is 19.2 Å². The van der Waals surface area contributed by atoms with Crippen LogP contribution in [0.25, 0.3) is 0 Å². The highest BCUT2D eigenvalue weighted by Crippen LogP contribution is 2.30. The first kappa shape index (κ1) is 18.1. The molecule has 24 heavy (non-hydrogen) atoms. The van der Waals surface area contributed by atoms with E-state index in [1.807, 2.05) is 0 Å². The van der Waals surface area contributed by atoms with E-state index in [0.29, 0.717) is 11.8 Å². The van der Waals surface area contributed by atoms with Gasteiger partial charge in [0.1, 0.15) is 5.56 Å². The summed E-state index contributed by atoms with van der Waals surface area (Å²) in [5, 5.41) is 12.9. The standard InChI is InChI=1S/C18H25NO5/c1-11-6-4-8-14(12(11)2)19-16(20)10-24-18(22)13-7-5-9-15(23-3)17(13)21/h5,7,9,11-12,14,21H,4,6,8,10H2,1-3H3,(H,19,20)/t11-,12+,14+/m1/s1. The van der Waals surface area contributed by atoms with Gasteiger partial charge < -0.3 is 19.9 Å². The number of aromatic hydroxyl groups is 1. The van der Waals surface area contributed by atoms with Gasteiger partial charge in [0, 0.05) is 6.04 Å². The van der Waals surface area contributed by atoms with Crippen LogP contribution in [0.1, 0.15) is 43.5 Å². The molecule has 1 saturated carbocycles. The summed E-state index contributed by atoms with van der Waals surface area (Å²) in [7, 11) is 1.39. The van der Waals surface area contributed by atoms with Crippen LogP contribution in [0.15, 0.2) is 18.2 Å². The Hall–Kier alpha value is -2.24. The number of carbonyl (C=O) groups is 2. The number of hydrogen-bond acceptors (Lipinski definition) is 5. The van der Waals surface area contributed by atoms with Crippen LogP contribution >= 0.6 is 0 Å². The van der Waals surface area contributed by atoms with Gasteiger partial charge in [-0.1, -0.05) is 32.8 Å². The van der Waals surface area contributed by atoms with Crippen LogP contribution in [0, 0.1) is 11.8 Å². The van der Waals surface area contributed by atoms with Gasteiger partial charge >= 0.3 is 5.97 Å². The predicted molar refractivity (Wildman–Crippen MR) is 89.1 cm³/mol. The third-order valence-corrected chi connectivity index (χ3v) is 4.83. The molecule has 1 aliphatic carbocycles. The van der Waals surface area contributed by atoms with Gasteiger partial charge in [-0.15, -0.1) is 0 Å². The van der Waals surface area contributed by atoms with Crippen molar-refractivity contribution in [2.75, 3.05) is 13.7 Å². The van der Waals surface area contributed by atoms with Crippen LogP contribution < -0.4 is 10.1 Å². The molecular weight excluding hydrogens is 310 g/mol. The molecule has 0 aromatic heterocycles. The lowest BCUT2D eigenvalue weighted by Crippen LogP contribution is -2.45. The monoisotopic (exact) mass is 335 g/mol. The second kappa shape index (κ2) is 8.04. The van der Waals surface area contributed by atoms with Gasteiger partial charge in [0.25, 0.3) is 5.91 Å². The molecule has 2 N–H and O–H groups in total. The Bertz CT molecular complexity index is 601. The molecule has 0 radical (unpaired) electrons. The highest BCUT2D eigenvalue weighted by molar-refractivity contribution is 5.94. The van der Waals surface area contributed by atoms with Gasteiger partial charge in [0.2, 0.25) is 0 Å². The number of amides is 1. The maximum absolute atomic E-state index is 12.0. The molecule has 0 unspecified atom stereocenters. The fourth-order valence-electron chi connectivity index (χ4n) is 3.09. The molecule has 0 aliphatic heterocycles. The van der Waals surface area contributed by atoms with Crippen molar-refractivity contribution in [2.45, 2.75) is 39.2 Å². The number of benzene rings is 1. The molecule has 1 amide bonds. The summed E-state index contributed by atoms with van der Waals surface area (Å²) in [6.45, 7) is 3.96. The van der Waals surface area contributed by atoms with Crippen molar-refractivity contribution in [1.29, 1.82) is 0 Å². The van der Waals surface area contributed by atoms with E-state index in [1.165, 1.54) is 25.7 Å². The first-order valence-electron chi connectivity index (χ1n) is 8.26. The van der Waals surface area contributed by atoms with Crippen molar-refractivity contribution >= 4 is 11.9 Å². The second-order valence-electron chi connectivity index (χ2n) is 6.37. The summed E-state index contributed by atoms with van der Waals surface area (Å²) >= 11 is 0. The summed E-state index contributed by atoms with van der Waals surface area (Å²) in [5.41, 5.74) is -0.0261. The number of hydrogen-bond donors (Lipinski definition) is 2. The van der Waals surface area contributed by atoms with E-state index in [1.54, 1.807) is 6.07 Å². The first-order valence-corrected chi connectivity index (χ1v) is 8.26. The van der Waals surface area contributed by atoms with Crippen molar-refractivity contribution in [3.05, 3.63) is 23.8 Å². The molecule has 2 rings (SSSR count). The average Bonchev–Trinajstić information content (AvgIpc) is 2.57. The summed E-state index contributed by atoms with van der Waals surface area (Å²) in [6.07, 6.45) is 3.22. The van der Waals surface area contributed by atoms with Crippen molar-refractivity contribution in [3.8, 4) is 11.5 Å². The smallest absolute Gasteiger partial charge is 0.342 e. The average molecular weight is 335 g/mol. The Morgan fingerprint density at radius 1 is 1.29 bits per heavy atom. The molecule has 6 nitrogen and oxygen atoms in total. The predicted octanol–water partition coefficient (Wildman–Crippen LogP) is 2.50. The Morgan fingerprint density at radius 2 is 2.04 bits per heavy atom. The Balaban J connectivity index is 1.88. The van der Waals surface area contributed by atoms with Crippen LogP contribution in [-0.2, 0) is 9.53 Å². The fourth-order valence-corrected chi connectivity index (χ4v) is 3.09. The normalized spacial score (nSPS) is 23.4. The molecule has 0 saturated heterocycles. The quantitative estimate of drug-likeness (QED) is 0.808. The van der Waals surface area contributed by atoms with Crippen molar-refractivity contribution in [2.24, 2.45) is 11.8 Å². The Labute approximate surface area is 142 Å². The van der Waals surface area contributed by atoms with Crippen LogP contribution in [-0.4, -0.2) is 36.7 Å². The van der Waals surface area contributed by atoms with Gasteiger partial charge in [0.15, 0.2) is 18.1 Å². The SMILES string of the molecule is COc1cccc(C(=O)OCC(=O)N[C@H]2CCC[C@@H](C)[C@@H]2C)c1O. The Kier molecular flexibility index (Phi) is 6.06. The molecule has 1 fully saturated rings. The number of phenolic OH excluding ortho intramolecular Hbond substituents is 1. The zero-order valence-electron chi connectivity index (χ0n) is 14.4. The lowest BCUT2D eigenvalue weighted by atomic mass is 9.78. The Morgan fingerprint density at radius 3 is 2.75 bits per heavy atom. The lowest BCUT2D eigenvalue weighted by Gasteiger charge is -2.34.